The summed E-state index contributed by atoms with van der Waals surface area (Å²) in [7, 11) is 0. The van der Waals surface area contributed by atoms with Gasteiger partial charge < -0.3 is 15.4 Å². The van der Waals surface area contributed by atoms with Gasteiger partial charge in [0, 0.05) is 36.5 Å². The van der Waals surface area contributed by atoms with E-state index in [2.05, 4.69) is 10.3 Å². The van der Waals surface area contributed by atoms with Gasteiger partial charge in [0.25, 0.3) is 5.91 Å². The van der Waals surface area contributed by atoms with E-state index in [0.717, 1.165) is 27.6 Å². The van der Waals surface area contributed by atoms with Crippen LogP contribution in [0.1, 0.15) is 23.1 Å². The van der Waals surface area contributed by atoms with E-state index in [0.29, 0.717) is 9.23 Å². The van der Waals surface area contributed by atoms with Crippen molar-refractivity contribution < 1.29 is 19.5 Å². The third kappa shape index (κ3) is 5.37. The number of carboxylic acids is 1. The standard InChI is InChI=1S/C25H23N3O4S2/c1-15-6-8-16(9-7-15)12-21-23(30)28(25(33)34-21)11-10-22(29)27-20(24(31)32)13-17-14-26-19-5-3-2-4-18(17)19/h2-9,12,14,20,26H,10-11,13H2,1H3,(H,27,29)(H,31,32)/b21-12+. The van der Waals surface area contributed by atoms with Crippen LogP contribution in [0, 0.1) is 6.92 Å². The molecule has 0 bridgehead atoms. The number of aromatic nitrogens is 1. The van der Waals surface area contributed by atoms with Gasteiger partial charge >= 0.3 is 5.97 Å². The second kappa shape index (κ2) is 10.2. The number of hydrogen-bond donors (Lipinski definition) is 3. The number of carboxylic acid groups (broad SMARTS) is 1. The molecule has 0 radical (unpaired) electrons. The molecule has 7 nitrogen and oxygen atoms in total. The molecule has 1 unspecified atom stereocenters. The van der Waals surface area contributed by atoms with Gasteiger partial charge in [0.2, 0.25) is 5.91 Å². The van der Waals surface area contributed by atoms with Crippen LogP contribution < -0.4 is 5.32 Å². The minimum atomic E-state index is -1.12. The minimum absolute atomic E-state index is 0.0537. The van der Waals surface area contributed by atoms with Crippen LogP contribution >= 0.6 is 24.0 Å². The molecule has 174 valence electrons. The van der Waals surface area contributed by atoms with Gasteiger partial charge in [0.1, 0.15) is 10.4 Å². The summed E-state index contributed by atoms with van der Waals surface area (Å²) in [6, 6.07) is 14.3. The molecule has 1 saturated heterocycles. The highest BCUT2D eigenvalue weighted by Crippen LogP contribution is 2.32. The molecule has 0 spiro atoms. The fourth-order valence-electron chi connectivity index (χ4n) is 3.71. The van der Waals surface area contributed by atoms with Crippen LogP contribution in [-0.4, -0.2) is 49.7 Å². The topological polar surface area (TPSA) is 102 Å². The Morgan fingerprint density at radius 2 is 1.94 bits per heavy atom. The number of aromatic amines is 1. The number of aryl methyl sites for hydroxylation is 1. The monoisotopic (exact) mass is 493 g/mol. The van der Waals surface area contributed by atoms with E-state index >= 15 is 0 Å². The second-order valence-corrected chi connectivity index (χ2v) is 9.69. The molecule has 1 aromatic heterocycles. The van der Waals surface area contributed by atoms with Crippen LogP contribution in [0.5, 0.6) is 0 Å². The van der Waals surface area contributed by atoms with Crippen LogP contribution in [0.25, 0.3) is 17.0 Å². The van der Waals surface area contributed by atoms with Gasteiger partial charge in [-0.25, -0.2) is 4.79 Å². The quantitative estimate of drug-likeness (QED) is 0.325. The number of thioether (sulfide) groups is 1. The van der Waals surface area contributed by atoms with E-state index in [1.165, 1.54) is 16.7 Å². The van der Waals surface area contributed by atoms with E-state index in [1.807, 2.05) is 55.5 Å². The molecular weight excluding hydrogens is 470 g/mol. The van der Waals surface area contributed by atoms with Crippen LogP contribution in [0.3, 0.4) is 0 Å². The number of amides is 2. The summed E-state index contributed by atoms with van der Waals surface area (Å²) in [4.78, 5) is 42.1. The Kier molecular flexibility index (Phi) is 7.14. The van der Waals surface area contributed by atoms with Crippen molar-refractivity contribution in [2.24, 2.45) is 0 Å². The van der Waals surface area contributed by atoms with E-state index in [4.69, 9.17) is 12.2 Å². The van der Waals surface area contributed by atoms with Crippen molar-refractivity contribution in [3.05, 3.63) is 76.3 Å². The summed E-state index contributed by atoms with van der Waals surface area (Å²) in [6.07, 6.45) is 3.63. The number of hydrogen-bond acceptors (Lipinski definition) is 5. The number of carbonyl (C=O) groups is 3. The Hall–Kier alpha value is -3.43. The van der Waals surface area contributed by atoms with Crippen molar-refractivity contribution in [3.8, 4) is 0 Å². The fourth-order valence-corrected chi connectivity index (χ4v) is 5.02. The van der Waals surface area contributed by atoms with Gasteiger partial charge in [-0.2, -0.15) is 0 Å². The number of nitrogens with one attached hydrogen (secondary N) is 2. The smallest absolute Gasteiger partial charge is 0.326 e. The molecule has 1 atom stereocenters. The van der Waals surface area contributed by atoms with Crippen LogP contribution in [-0.2, 0) is 20.8 Å². The predicted molar refractivity (Wildman–Crippen MR) is 137 cm³/mol. The molecular formula is C25H23N3O4S2. The Morgan fingerprint density at radius 3 is 2.68 bits per heavy atom. The molecule has 3 aromatic rings. The molecule has 2 amide bonds. The average Bonchev–Trinajstić information content (AvgIpc) is 3.33. The molecule has 1 fully saturated rings. The van der Waals surface area contributed by atoms with Crippen molar-refractivity contribution in [3.63, 3.8) is 0 Å². The number of H-pyrrole nitrogens is 1. The number of aliphatic carboxylic acids is 1. The normalized spacial score (nSPS) is 15.8. The van der Waals surface area contributed by atoms with E-state index in [1.54, 1.807) is 12.3 Å². The van der Waals surface area contributed by atoms with E-state index in [-0.39, 0.29) is 25.3 Å². The first-order chi connectivity index (χ1) is 16.3. The highest BCUT2D eigenvalue weighted by atomic mass is 32.2. The lowest BCUT2D eigenvalue weighted by molar-refractivity contribution is -0.141. The lowest BCUT2D eigenvalue weighted by Crippen LogP contribution is -2.43. The lowest BCUT2D eigenvalue weighted by atomic mass is 10.0. The summed E-state index contributed by atoms with van der Waals surface area (Å²) in [5, 5.41) is 13.1. The molecule has 3 N–H and O–H groups in total. The zero-order valence-electron chi connectivity index (χ0n) is 18.4. The van der Waals surface area contributed by atoms with Crippen LogP contribution in [0.15, 0.2) is 59.6 Å². The number of para-hydroxylation sites is 1. The van der Waals surface area contributed by atoms with E-state index < -0.39 is 17.9 Å². The first-order valence-corrected chi connectivity index (χ1v) is 11.9. The fraction of sp³-hybridized carbons (Fsp3) is 0.200. The summed E-state index contributed by atoms with van der Waals surface area (Å²) >= 11 is 6.53. The van der Waals surface area contributed by atoms with Gasteiger partial charge in [-0.05, 0) is 30.2 Å². The summed E-state index contributed by atoms with van der Waals surface area (Å²) in [6.45, 7) is 2.07. The largest absolute Gasteiger partial charge is 0.480 e. The molecule has 2 heterocycles. The molecule has 9 heteroatoms. The van der Waals surface area contributed by atoms with Crippen molar-refractivity contribution in [2.45, 2.75) is 25.8 Å². The number of thiocarbonyl (C=S) groups is 1. The Morgan fingerprint density at radius 1 is 1.21 bits per heavy atom. The highest BCUT2D eigenvalue weighted by Gasteiger charge is 2.32. The van der Waals surface area contributed by atoms with Gasteiger partial charge in [-0.15, -0.1) is 0 Å². The van der Waals surface area contributed by atoms with Gasteiger partial charge in [0.05, 0.1) is 4.91 Å². The molecule has 1 aliphatic heterocycles. The van der Waals surface area contributed by atoms with E-state index in [9.17, 15) is 19.5 Å². The molecule has 34 heavy (non-hydrogen) atoms. The molecule has 0 saturated carbocycles. The van der Waals surface area contributed by atoms with Crippen molar-refractivity contribution in [2.75, 3.05) is 6.54 Å². The first-order valence-electron chi connectivity index (χ1n) is 10.7. The number of nitrogens with zero attached hydrogens (tertiary/aromatic N) is 1. The van der Waals surface area contributed by atoms with Crippen molar-refractivity contribution in [1.29, 1.82) is 0 Å². The third-order valence-electron chi connectivity index (χ3n) is 5.54. The average molecular weight is 494 g/mol. The maximum atomic E-state index is 12.8. The van der Waals surface area contributed by atoms with Crippen LogP contribution in [0.4, 0.5) is 0 Å². The summed E-state index contributed by atoms with van der Waals surface area (Å²) < 4.78 is 0.379. The number of rotatable bonds is 8. The zero-order valence-corrected chi connectivity index (χ0v) is 20.0. The maximum absolute atomic E-state index is 12.8. The zero-order chi connectivity index (χ0) is 24.2. The van der Waals surface area contributed by atoms with Crippen molar-refractivity contribution in [1.82, 2.24) is 15.2 Å². The minimum Gasteiger partial charge on any atom is -0.480 e. The second-order valence-electron chi connectivity index (χ2n) is 8.02. The van der Waals surface area contributed by atoms with Gasteiger partial charge in [0.15, 0.2) is 0 Å². The summed E-state index contributed by atoms with van der Waals surface area (Å²) in [5.41, 5.74) is 3.73. The SMILES string of the molecule is Cc1ccc(/C=C2/SC(=S)N(CCC(=O)NC(Cc3c[nH]c4ccccc34)C(=O)O)C2=O)cc1. The number of benzene rings is 2. The van der Waals surface area contributed by atoms with Crippen LogP contribution in [0.2, 0.25) is 0 Å². The Bertz CT molecular complexity index is 1300. The third-order valence-corrected chi connectivity index (χ3v) is 6.92. The maximum Gasteiger partial charge on any atom is 0.326 e. The molecule has 0 aliphatic carbocycles. The summed E-state index contributed by atoms with van der Waals surface area (Å²) in [5.74, 6) is -1.83. The molecule has 4 rings (SSSR count). The van der Waals surface area contributed by atoms with Gasteiger partial charge in [-0.1, -0.05) is 72.0 Å². The molecule has 1 aliphatic rings. The Labute approximate surface area is 206 Å². The number of fused-ring (bicyclic) bond motifs is 1. The highest BCUT2D eigenvalue weighted by molar-refractivity contribution is 8.26. The molecule has 2 aromatic carbocycles. The Balaban J connectivity index is 1.36. The first kappa shape index (κ1) is 23.7. The van der Waals surface area contributed by atoms with Crippen molar-refractivity contribution >= 4 is 63.1 Å². The predicted octanol–water partition coefficient (Wildman–Crippen LogP) is 3.88. The van der Waals surface area contributed by atoms with Gasteiger partial charge in [-0.3, -0.25) is 14.5 Å². The lowest BCUT2D eigenvalue weighted by Gasteiger charge is -2.17. The number of carbonyl (C=O) groups excluding carboxylic acids is 2.